The summed E-state index contributed by atoms with van der Waals surface area (Å²) in [6.45, 7) is 7.14. The van der Waals surface area contributed by atoms with Crippen molar-refractivity contribution in [3.8, 4) is 0 Å². The third-order valence-electron chi connectivity index (χ3n) is 5.29. The Morgan fingerprint density at radius 1 is 1.00 bits per heavy atom. The van der Waals surface area contributed by atoms with Crippen molar-refractivity contribution in [2.75, 3.05) is 31.0 Å². The molecule has 1 heterocycles. The molecule has 7 nitrogen and oxygen atoms in total. The van der Waals surface area contributed by atoms with Gasteiger partial charge in [-0.25, -0.2) is 13.8 Å². The molecule has 31 heavy (non-hydrogen) atoms. The van der Waals surface area contributed by atoms with Crippen molar-refractivity contribution >= 4 is 27.3 Å². The standard InChI is InChI=1S/C23H30N4O3S/c1-17-5-7-22(8-6-17)31(29,30)27(21-14-18(2)13-19(3)15-21)16-23(28)25-24-20-9-11-26(4)12-10-20/h5-8,13-15H,9-12,16H2,1-4H3,(H,25,28). The number of hydrogen-bond acceptors (Lipinski definition) is 5. The van der Waals surface area contributed by atoms with Crippen molar-refractivity contribution < 1.29 is 13.2 Å². The zero-order chi connectivity index (χ0) is 22.6. The highest BCUT2D eigenvalue weighted by Gasteiger charge is 2.27. The molecule has 0 spiro atoms. The summed E-state index contributed by atoms with van der Waals surface area (Å²) in [6.07, 6.45) is 1.58. The zero-order valence-corrected chi connectivity index (χ0v) is 19.4. The first-order valence-corrected chi connectivity index (χ1v) is 11.8. The molecule has 0 atom stereocenters. The lowest BCUT2D eigenvalue weighted by molar-refractivity contribution is -0.119. The number of carbonyl (C=O) groups is 1. The molecule has 1 amide bonds. The average Bonchev–Trinajstić information content (AvgIpc) is 2.71. The van der Waals surface area contributed by atoms with Crippen molar-refractivity contribution in [3.05, 3.63) is 59.2 Å². The van der Waals surface area contributed by atoms with E-state index in [0.29, 0.717) is 5.69 Å². The van der Waals surface area contributed by atoms with Gasteiger partial charge < -0.3 is 4.90 Å². The SMILES string of the molecule is Cc1ccc(S(=O)(=O)N(CC(=O)NN=C2CCN(C)CC2)c2cc(C)cc(C)c2)cc1. The summed E-state index contributed by atoms with van der Waals surface area (Å²) in [5.74, 6) is -0.471. The van der Waals surface area contributed by atoms with Gasteiger partial charge in [-0.3, -0.25) is 9.10 Å². The maximum Gasteiger partial charge on any atom is 0.264 e. The Labute approximate surface area is 184 Å². The molecule has 0 saturated carbocycles. The average molecular weight is 443 g/mol. The van der Waals surface area contributed by atoms with Gasteiger partial charge in [0.15, 0.2) is 0 Å². The first-order valence-electron chi connectivity index (χ1n) is 10.4. The second-order valence-electron chi connectivity index (χ2n) is 8.19. The number of anilines is 1. The Morgan fingerprint density at radius 2 is 1.58 bits per heavy atom. The predicted octanol–water partition coefficient (Wildman–Crippen LogP) is 3.00. The number of sulfonamides is 1. The molecule has 0 bridgehead atoms. The minimum absolute atomic E-state index is 0.145. The highest BCUT2D eigenvalue weighted by atomic mass is 32.2. The number of aryl methyl sites for hydroxylation is 3. The molecule has 1 saturated heterocycles. The van der Waals surface area contributed by atoms with Crippen LogP contribution in [-0.4, -0.2) is 51.6 Å². The highest BCUT2D eigenvalue weighted by molar-refractivity contribution is 7.92. The van der Waals surface area contributed by atoms with Gasteiger partial charge in [-0.1, -0.05) is 23.8 Å². The van der Waals surface area contributed by atoms with E-state index < -0.39 is 15.9 Å². The number of rotatable bonds is 6. The molecule has 0 aromatic heterocycles. The Kier molecular flexibility index (Phi) is 7.12. The van der Waals surface area contributed by atoms with Gasteiger partial charge in [0.2, 0.25) is 0 Å². The van der Waals surface area contributed by atoms with E-state index in [-0.39, 0.29) is 11.4 Å². The fourth-order valence-electron chi connectivity index (χ4n) is 3.54. The second-order valence-corrected chi connectivity index (χ2v) is 10.0. The van der Waals surface area contributed by atoms with Gasteiger partial charge in [0.05, 0.1) is 10.6 Å². The second kappa shape index (κ2) is 9.62. The quantitative estimate of drug-likeness (QED) is 0.698. The van der Waals surface area contributed by atoms with Crippen LogP contribution < -0.4 is 9.73 Å². The van der Waals surface area contributed by atoms with Gasteiger partial charge in [-0.2, -0.15) is 5.10 Å². The normalized spacial score (nSPS) is 14.9. The molecule has 2 aromatic rings. The molecule has 3 rings (SSSR count). The monoisotopic (exact) mass is 442 g/mol. The van der Waals surface area contributed by atoms with Crippen LogP contribution in [0.5, 0.6) is 0 Å². The third-order valence-corrected chi connectivity index (χ3v) is 7.08. The van der Waals surface area contributed by atoms with Crippen molar-refractivity contribution in [1.29, 1.82) is 0 Å². The maximum absolute atomic E-state index is 13.4. The van der Waals surface area contributed by atoms with Gasteiger partial charge >= 0.3 is 0 Å². The molecule has 166 valence electrons. The minimum atomic E-state index is -3.93. The first kappa shape index (κ1) is 23.0. The van der Waals surface area contributed by atoms with Crippen molar-refractivity contribution in [2.45, 2.75) is 38.5 Å². The summed E-state index contributed by atoms with van der Waals surface area (Å²) < 4.78 is 28.1. The van der Waals surface area contributed by atoms with Crippen molar-refractivity contribution in [1.82, 2.24) is 10.3 Å². The number of piperidine rings is 1. The third kappa shape index (κ3) is 5.92. The lowest BCUT2D eigenvalue weighted by Crippen LogP contribution is -2.40. The number of hydrazone groups is 1. The van der Waals surface area contributed by atoms with Crippen LogP contribution in [0.15, 0.2) is 52.5 Å². The lowest BCUT2D eigenvalue weighted by atomic mass is 10.1. The van der Waals surface area contributed by atoms with E-state index in [1.54, 1.807) is 36.4 Å². The molecular weight excluding hydrogens is 412 g/mol. The largest absolute Gasteiger partial charge is 0.306 e. The van der Waals surface area contributed by atoms with E-state index in [1.807, 2.05) is 33.9 Å². The Hall–Kier alpha value is -2.71. The van der Waals surface area contributed by atoms with E-state index in [4.69, 9.17) is 0 Å². The van der Waals surface area contributed by atoms with Crippen LogP contribution in [0.3, 0.4) is 0 Å². The Morgan fingerprint density at radius 3 is 2.16 bits per heavy atom. The van der Waals surface area contributed by atoms with Gasteiger partial charge in [0, 0.05) is 31.6 Å². The topological polar surface area (TPSA) is 82.1 Å². The van der Waals surface area contributed by atoms with Crippen LogP contribution in [0.1, 0.15) is 29.5 Å². The van der Waals surface area contributed by atoms with Gasteiger partial charge in [0.1, 0.15) is 6.54 Å². The molecule has 1 aliphatic heterocycles. The minimum Gasteiger partial charge on any atom is -0.306 e. The summed E-state index contributed by atoms with van der Waals surface area (Å²) in [4.78, 5) is 15.1. The van der Waals surface area contributed by atoms with Crippen molar-refractivity contribution in [3.63, 3.8) is 0 Å². The fourth-order valence-corrected chi connectivity index (χ4v) is 4.95. The number of hydrogen-bond donors (Lipinski definition) is 1. The number of amides is 1. The smallest absolute Gasteiger partial charge is 0.264 e. The summed E-state index contributed by atoms with van der Waals surface area (Å²) >= 11 is 0. The molecule has 2 aromatic carbocycles. The molecule has 8 heteroatoms. The maximum atomic E-state index is 13.4. The zero-order valence-electron chi connectivity index (χ0n) is 18.6. The van der Waals surface area contributed by atoms with Crippen molar-refractivity contribution in [2.24, 2.45) is 5.10 Å². The Balaban J connectivity index is 1.88. The predicted molar refractivity (Wildman–Crippen MR) is 124 cm³/mol. The van der Waals surface area contributed by atoms with Gasteiger partial charge in [-0.15, -0.1) is 0 Å². The molecule has 0 unspecified atom stereocenters. The van der Waals surface area contributed by atoms with E-state index in [1.165, 1.54) is 0 Å². The van der Waals surface area contributed by atoms with E-state index in [9.17, 15) is 13.2 Å². The number of likely N-dealkylation sites (tertiary alicyclic amines) is 1. The van der Waals surface area contributed by atoms with E-state index >= 15 is 0 Å². The molecule has 1 N–H and O–H groups in total. The van der Waals surface area contributed by atoms with Crippen LogP contribution in [0.4, 0.5) is 5.69 Å². The number of benzene rings is 2. The highest BCUT2D eigenvalue weighted by Crippen LogP contribution is 2.26. The summed E-state index contributed by atoms with van der Waals surface area (Å²) in [6, 6.07) is 12.1. The summed E-state index contributed by atoms with van der Waals surface area (Å²) in [5, 5.41) is 4.23. The number of nitrogens with one attached hydrogen (secondary N) is 1. The van der Waals surface area contributed by atoms with Crippen LogP contribution in [-0.2, 0) is 14.8 Å². The molecule has 1 aliphatic rings. The van der Waals surface area contributed by atoms with E-state index in [0.717, 1.165) is 52.6 Å². The fraction of sp³-hybridized carbons (Fsp3) is 0.391. The van der Waals surface area contributed by atoms with Crippen LogP contribution in [0, 0.1) is 20.8 Å². The van der Waals surface area contributed by atoms with Gasteiger partial charge in [-0.05, 0) is 63.2 Å². The van der Waals surface area contributed by atoms with Crippen LogP contribution >= 0.6 is 0 Å². The lowest BCUT2D eigenvalue weighted by Gasteiger charge is -2.25. The van der Waals surface area contributed by atoms with E-state index in [2.05, 4.69) is 15.4 Å². The first-order chi connectivity index (χ1) is 14.6. The molecule has 0 aliphatic carbocycles. The van der Waals surface area contributed by atoms with Gasteiger partial charge in [0.25, 0.3) is 15.9 Å². The number of carbonyl (C=O) groups excluding carboxylic acids is 1. The summed E-state index contributed by atoms with van der Waals surface area (Å²) in [7, 11) is -1.88. The molecule has 1 fully saturated rings. The van der Waals surface area contributed by atoms with Crippen LogP contribution in [0.25, 0.3) is 0 Å². The van der Waals surface area contributed by atoms with Crippen LogP contribution in [0.2, 0.25) is 0 Å². The molecule has 0 radical (unpaired) electrons. The number of nitrogens with zero attached hydrogens (tertiary/aromatic N) is 3. The Bertz CT molecular complexity index is 1050. The summed E-state index contributed by atoms with van der Waals surface area (Å²) in [5.41, 5.74) is 6.74. The molecular formula is C23H30N4O3S.